The predicted octanol–water partition coefficient (Wildman–Crippen LogP) is 0.461. The highest BCUT2D eigenvalue weighted by atomic mass is 35.5. The molecule has 1 saturated heterocycles. The second-order valence-corrected chi connectivity index (χ2v) is 3.11. The first-order valence-electron chi connectivity index (χ1n) is 4.45. The lowest BCUT2D eigenvalue weighted by Gasteiger charge is -2.33. The molecule has 0 aromatic heterocycles. The topological polar surface area (TPSA) is 32.5 Å². The van der Waals surface area contributed by atoms with Crippen molar-refractivity contribution in [2.75, 3.05) is 45.8 Å². The first-order valence-corrected chi connectivity index (χ1v) is 4.45. The van der Waals surface area contributed by atoms with Gasteiger partial charge >= 0.3 is 0 Å². The molecule has 1 aliphatic rings. The van der Waals surface area contributed by atoms with Crippen molar-refractivity contribution in [3.63, 3.8) is 0 Å². The Kier molecular flexibility index (Phi) is 17.1. The Labute approximate surface area is 111 Å². The van der Waals surface area contributed by atoms with Crippen LogP contribution in [-0.2, 0) is 0 Å². The summed E-state index contributed by atoms with van der Waals surface area (Å²) in [5.74, 6) is 2.67. The molecule has 0 aromatic rings. The summed E-state index contributed by atoms with van der Waals surface area (Å²) in [5, 5.41) is 0. The Hall–Kier alpha value is 0.310. The van der Waals surface area contributed by atoms with Crippen LogP contribution in [0.2, 0.25) is 0 Å². The Morgan fingerprint density at radius 1 is 1.00 bits per heavy atom. The average Bonchev–Trinajstić information content (AvgIpc) is 2.09. The van der Waals surface area contributed by atoms with Gasteiger partial charge in [-0.25, -0.2) is 0 Å². The molecule has 1 aliphatic heterocycles. The number of hydrogen-bond donors (Lipinski definition) is 1. The minimum Gasteiger partial charge on any atom is -0.329 e. The van der Waals surface area contributed by atoms with Gasteiger partial charge in [-0.05, 0) is 0 Å². The molecular formula is C9H20Cl3N3. The number of rotatable bonds is 3. The smallest absolute Gasteiger partial charge is 0.0599 e. The van der Waals surface area contributed by atoms with E-state index in [1.54, 1.807) is 0 Å². The standard InChI is InChI=1S/C9H17N3.3ClH/c1-2-4-11-6-8-12(5-3-10)9-7-11;;;/h1H,3-10H2;3*1H. The lowest BCUT2D eigenvalue weighted by molar-refractivity contribution is 0.147. The summed E-state index contributed by atoms with van der Waals surface area (Å²) >= 11 is 0. The van der Waals surface area contributed by atoms with Crippen molar-refractivity contribution < 1.29 is 0 Å². The van der Waals surface area contributed by atoms with Gasteiger partial charge in [-0.2, -0.15) is 0 Å². The van der Waals surface area contributed by atoms with Crippen LogP contribution in [0.1, 0.15) is 0 Å². The van der Waals surface area contributed by atoms with E-state index in [4.69, 9.17) is 12.2 Å². The summed E-state index contributed by atoms with van der Waals surface area (Å²) < 4.78 is 0. The van der Waals surface area contributed by atoms with E-state index in [-0.39, 0.29) is 37.2 Å². The van der Waals surface area contributed by atoms with E-state index in [0.717, 1.165) is 45.8 Å². The first-order chi connectivity index (χ1) is 5.86. The van der Waals surface area contributed by atoms with Crippen LogP contribution in [0.3, 0.4) is 0 Å². The molecule has 0 unspecified atom stereocenters. The van der Waals surface area contributed by atoms with Crippen molar-refractivity contribution in [2.24, 2.45) is 5.73 Å². The summed E-state index contributed by atoms with van der Waals surface area (Å²) in [5.41, 5.74) is 5.47. The summed E-state index contributed by atoms with van der Waals surface area (Å²) in [6.45, 7) is 6.96. The van der Waals surface area contributed by atoms with Crippen LogP contribution in [0, 0.1) is 12.3 Å². The molecule has 0 aromatic carbocycles. The lowest BCUT2D eigenvalue weighted by Crippen LogP contribution is -2.47. The highest BCUT2D eigenvalue weighted by molar-refractivity contribution is 5.86. The third kappa shape index (κ3) is 8.15. The van der Waals surface area contributed by atoms with Gasteiger partial charge in [-0.15, -0.1) is 43.6 Å². The van der Waals surface area contributed by atoms with E-state index in [9.17, 15) is 0 Å². The molecule has 1 rings (SSSR count). The fraction of sp³-hybridized carbons (Fsp3) is 0.778. The molecule has 0 bridgehead atoms. The molecule has 0 radical (unpaired) electrons. The number of nitrogens with zero attached hydrogens (tertiary/aromatic N) is 2. The fourth-order valence-electron chi connectivity index (χ4n) is 1.48. The minimum atomic E-state index is 0. The van der Waals surface area contributed by atoms with Gasteiger partial charge in [0, 0.05) is 39.3 Å². The fourth-order valence-corrected chi connectivity index (χ4v) is 1.48. The van der Waals surface area contributed by atoms with Crippen LogP contribution >= 0.6 is 37.2 Å². The second-order valence-electron chi connectivity index (χ2n) is 3.11. The lowest BCUT2D eigenvalue weighted by atomic mass is 10.3. The second kappa shape index (κ2) is 12.4. The Bertz CT molecular complexity index is 164. The van der Waals surface area contributed by atoms with Crippen molar-refractivity contribution in [3.8, 4) is 12.3 Å². The maximum absolute atomic E-state index is 5.47. The highest BCUT2D eigenvalue weighted by Crippen LogP contribution is 1.99. The Balaban J connectivity index is -0.000000480. The van der Waals surface area contributed by atoms with Crippen LogP contribution in [0.5, 0.6) is 0 Å². The molecule has 15 heavy (non-hydrogen) atoms. The molecule has 6 heteroatoms. The number of nitrogens with two attached hydrogens (primary N) is 1. The molecule has 0 amide bonds. The third-order valence-corrected chi connectivity index (χ3v) is 2.23. The average molecular weight is 277 g/mol. The Morgan fingerprint density at radius 3 is 1.87 bits per heavy atom. The maximum Gasteiger partial charge on any atom is 0.0599 e. The van der Waals surface area contributed by atoms with E-state index in [1.165, 1.54) is 0 Å². The molecule has 92 valence electrons. The van der Waals surface area contributed by atoms with Crippen molar-refractivity contribution in [1.82, 2.24) is 9.80 Å². The van der Waals surface area contributed by atoms with Gasteiger partial charge in [-0.1, -0.05) is 5.92 Å². The predicted molar refractivity (Wildman–Crippen MR) is 72.5 cm³/mol. The molecular weight excluding hydrogens is 256 g/mol. The van der Waals surface area contributed by atoms with E-state index in [0.29, 0.717) is 0 Å². The van der Waals surface area contributed by atoms with E-state index < -0.39 is 0 Å². The van der Waals surface area contributed by atoms with Crippen molar-refractivity contribution >= 4 is 37.2 Å². The van der Waals surface area contributed by atoms with Gasteiger partial charge in [0.15, 0.2) is 0 Å². The normalized spacial score (nSPS) is 16.5. The van der Waals surface area contributed by atoms with Gasteiger partial charge in [0.2, 0.25) is 0 Å². The van der Waals surface area contributed by atoms with E-state index in [1.807, 2.05) is 0 Å². The quantitative estimate of drug-likeness (QED) is 0.760. The van der Waals surface area contributed by atoms with Gasteiger partial charge in [0.25, 0.3) is 0 Å². The van der Waals surface area contributed by atoms with Gasteiger partial charge in [0.1, 0.15) is 0 Å². The summed E-state index contributed by atoms with van der Waals surface area (Å²) in [6.07, 6.45) is 5.23. The number of piperazine rings is 1. The SMILES string of the molecule is C#CCN1CCN(CCN)CC1.Cl.Cl.Cl. The summed E-state index contributed by atoms with van der Waals surface area (Å²) in [7, 11) is 0. The zero-order valence-electron chi connectivity index (χ0n) is 8.72. The monoisotopic (exact) mass is 275 g/mol. The summed E-state index contributed by atoms with van der Waals surface area (Å²) in [6, 6.07) is 0. The molecule has 0 saturated carbocycles. The van der Waals surface area contributed by atoms with Gasteiger partial charge in [-0.3, -0.25) is 9.80 Å². The van der Waals surface area contributed by atoms with Gasteiger partial charge in [0.05, 0.1) is 6.54 Å². The third-order valence-electron chi connectivity index (χ3n) is 2.23. The number of halogens is 3. The maximum atomic E-state index is 5.47. The van der Waals surface area contributed by atoms with Crippen LogP contribution in [0.15, 0.2) is 0 Å². The van der Waals surface area contributed by atoms with Crippen molar-refractivity contribution in [2.45, 2.75) is 0 Å². The summed E-state index contributed by atoms with van der Waals surface area (Å²) in [4.78, 5) is 4.68. The van der Waals surface area contributed by atoms with Gasteiger partial charge < -0.3 is 5.73 Å². The van der Waals surface area contributed by atoms with Crippen LogP contribution < -0.4 is 5.73 Å². The van der Waals surface area contributed by atoms with Crippen molar-refractivity contribution in [3.05, 3.63) is 0 Å². The largest absolute Gasteiger partial charge is 0.329 e. The number of hydrogen-bond acceptors (Lipinski definition) is 3. The molecule has 1 heterocycles. The minimum absolute atomic E-state index is 0. The van der Waals surface area contributed by atoms with Crippen LogP contribution in [-0.4, -0.2) is 55.6 Å². The molecule has 1 fully saturated rings. The Morgan fingerprint density at radius 2 is 1.47 bits per heavy atom. The van der Waals surface area contributed by atoms with Crippen LogP contribution in [0.25, 0.3) is 0 Å². The first kappa shape index (κ1) is 20.7. The number of terminal acetylenes is 1. The van der Waals surface area contributed by atoms with E-state index in [2.05, 4.69) is 15.7 Å². The molecule has 3 nitrogen and oxygen atoms in total. The van der Waals surface area contributed by atoms with Crippen molar-refractivity contribution in [1.29, 1.82) is 0 Å². The van der Waals surface area contributed by atoms with Crippen LogP contribution in [0.4, 0.5) is 0 Å². The zero-order valence-corrected chi connectivity index (χ0v) is 11.2. The molecule has 0 atom stereocenters. The zero-order chi connectivity index (χ0) is 8.81. The van der Waals surface area contributed by atoms with E-state index >= 15 is 0 Å². The highest BCUT2D eigenvalue weighted by Gasteiger charge is 2.14. The molecule has 2 N–H and O–H groups in total. The molecule has 0 spiro atoms. The molecule has 0 aliphatic carbocycles.